The number of benzene rings is 1. The number of rotatable bonds is 3. The lowest BCUT2D eigenvalue weighted by atomic mass is 9.91. The van der Waals surface area contributed by atoms with Crippen LogP contribution in [0.4, 0.5) is 0 Å². The van der Waals surface area contributed by atoms with Crippen molar-refractivity contribution in [3.05, 3.63) is 23.8 Å². The molecule has 0 bridgehead atoms. The third-order valence-corrected chi connectivity index (χ3v) is 3.00. The molecule has 1 aromatic rings. The fourth-order valence-corrected chi connectivity index (χ4v) is 1.66. The summed E-state index contributed by atoms with van der Waals surface area (Å²) in [7, 11) is 1.52. The van der Waals surface area contributed by atoms with Crippen molar-refractivity contribution in [3.63, 3.8) is 0 Å². The van der Waals surface area contributed by atoms with E-state index in [9.17, 15) is 4.79 Å². The van der Waals surface area contributed by atoms with E-state index in [1.807, 2.05) is 6.07 Å². The number of hydrogen-bond donors (Lipinski definition) is 0. The molecule has 1 atom stereocenters. The Kier molecular flexibility index (Phi) is 2.59. The molecule has 4 nitrogen and oxygen atoms in total. The van der Waals surface area contributed by atoms with Crippen LogP contribution in [0.2, 0.25) is 0 Å². The number of carbonyl (C=O) groups is 1. The Morgan fingerprint density at radius 1 is 1.38 bits per heavy atom. The lowest BCUT2D eigenvalue weighted by Crippen LogP contribution is -2.32. The Bertz CT molecular complexity index is 427. The van der Waals surface area contributed by atoms with Gasteiger partial charge in [0, 0.05) is 7.11 Å². The molecule has 86 valence electrons. The molecule has 1 aliphatic heterocycles. The van der Waals surface area contributed by atoms with Crippen LogP contribution in [0.5, 0.6) is 11.5 Å². The summed E-state index contributed by atoms with van der Waals surface area (Å²) in [5, 5.41) is 0. The van der Waals surface area contributed by atoms with E-state index in [-0.39, 0.29) is 12.6 Å². The molecule has 0 N–H and O–H groups in total. The van der Waals surface area contributed by atoms with E-state index in [2.05, 4.69) is 0 Å². The van der Waals surface area contributed by atoms with Crippen molar-refractivity contribution >= 4 is 5.78 Å². The molecule has 0 spiro atoms. The zero-order chi connectivity index (χ0) is 11.8. The van der Waals surface area contributed by atoms with E-state index < -0.39 is 5.60 Å². The van der Waals surface area contributed by atoms with Crippen molar-refractivity contribution in [2.75, 3.05) is 13.9 Å². The number of hydrogen-bond acceptors (Lipinski definition) is 4. The fourth-order valence-electron chi connectivity index (χ4n) is 1.66. The SMILES string of the molecule is COC(C)(C(C)=O)c1ccc2c(c1)OCO2. The van der Waals surface area contributed by atoms with Crippen molar-refractivity contribution in [3.8, 4) is 11.5 Å². The molecule has 1 aliphatic rings. The zero-order valence-electron chi connectivity index (χ0n) is 9.57. The molecule has 0 radical (unpaired) electrons. The third kappa shape index (κ3) is 1.55. The Labute approximate surface area is 94.1 Å². The molecule has 0 amide bonds. The van der Waals surface area contributed by atoms with Gasteiger partial charge in [0.1, 0.15) is 5.60 Å². The first-order valence-corrected chi connectivity index (χ1v) is 5.04. The molecule has 4 heteroatoms. The highest BCUT2D eigenvalue weighted by atomic mass is 16.7. The zero-order valence-corrected chi connectivity index (χ0v) is 9.57. The minimum absolute atomic E-state index is 0.0473. The van der Waals surface area contributed by atoms with Gasteiger partial charge in [-0.3, -0.25) is 4.79 Å². The second-order valence-corrected chi connectivity index (χ2v) is 3.86. The van der Waals surface area contributed by atoms with Crippen LogP contribution in [-0.4, -0.2) is 19.7 Å². The average molecular weight is 222 g/mol. The quantitative estimate of drug-likeness (QED) is 0.783. The molecule has 1 heterocycles. The molecule has 0 saturated carbocycles. The first-order valence-electron chi connectivity index (χ1n) is 5.04. The summed E-state index contributed by atoms with van der Waals surface area (Å²) in [4.78, 5) is 11.6. The molecule has 16 heavy (non-hydrogen) atoms. The van der Waals surface area contributed by atoms with Crippen LogP contribution in [-0.2, 0) is 15.1 Å². The van der Waals surface area contributed by atoms with E-state index in [1.165, 1.54) is 14.0 Å². The lowest BCUT2D eigenvalue weighted by Gasteiger charge is -2.25. The predicted molar refractivity (Wildman–Crippen MR) is 57.6 cm³/mol. The normalized spacial score (nSPS) is 16.9. The monoisotopic (exact) mass is 222 g/mol. The number of ether oxygens (including phenoxy) is 3. The Hall–Kier alpha value is -1.55. The minimum atomic E-state index is -0.930. The summed E-state index contributed by atoms with van der Waals surface area (Å²) in [5.74, 6) is 1.31. The van der Waals surface area contributed by atoms with Crippen LogP contribution >= 0.6 is 0 Å². The highest BCUT2D eigenvalue weighted by molar-refractivity contribution is 5.86. The molecule has 2 rings (SSSR count). The Balaban J connectivity index is 2.44. The van der Waals surface area contributed by atoms with Crippen molar-refractivity contribution in [1.29, 1.82) is 0 Å². The fraction of sp³-hybridized carbons (Fsp3) is 0.417. The van der Waals surface area contributed by atoms with Crippen LogP contribution < -0.4 is 9.47 Å². The minimum Gasteiger partial charge on any atom is -0.454 e. The maximum atomic E-state index is 11.6. The Morgan fingerprint density at radius 2 is 2.06 bits per heavy atom. The summed E-state index contributed by atoms with van der Waals surface area (Å²) < 4.78 is 15.8. The molecule has 0 aliphatic carbocycles. The smallest absolute Gasteiger partial charge is 0.231 e. The first-order chi connectivity index (χ1) is 7.58. The second kappa shape index (κ2) is 3.79. The number of ketones is 1. The maximum Gasteiger partial charge on any atom is 0.231 e. The van der Waals surface area contributed by atoms with Crippen LogP contribution in [0.3, 0.4) is 0 Å². The van der Waals surface area contributed by atoms with Gasteiger partial charge in [-0.15, -0.1) is 0 Å². The van der Waals surface area contributed by atoms with Gasteiger partial charge in [0.25, 0.3) is 0 Å². The number of carbonyl (C=O) groups excluding carboxylic acids is 1. The van der Waals surface area contributed by atoms with Gasteiger partial charge in [0.05, 0.1) is 0 Å². The van der Waals surface area contributed by atoms with E-state index in [0.717, 1.165) is 5.56 Å². The van der Waals surface area contributed by atoms with E-state index >= 15 is 0 Å². The van der Waals surface area contributed by atoms with Gasteiger partial charge in [-0.25, -0.2) is 0 Å². The van der Waals surface area contributed by atoms with Crippen molar-refractivity contribution in [2.45, 2.75) is 19.4 Å². The summed E-state index contributed by atoms with van der Waals surface area (Å²) in [6, 6.07) is 5.39. The van der Waals surface area contributed by atoms with Gasteiger partial charge in [0.15, 0.2) is 17.3 Å². The van der Waals surface area contributed by atoms with Crippen molar-refractivity contribution in [2.24, 2.45) is 0 Å². The Morgan fingerprint density at radius 3 is 2.69 bits per heavy atom. The lowest BCUT2D eigenvalue weighted by molar-refractivity contribution is -0.137. The van der Waals surface area contributed by atoms with Crippen LogP contribution in [0, 0.1) is 0 Å². The van der Waals surface area contributed by atoms with Gasteiger partial charge in [-0.1, -0.05) is 6.07 Å². The summed E-state index contributed by atoms with van der Waals surface area (Å²) in [6.07, 6.45) is 0. The van der Waals surface area contributed by atoms with Crippen LogP contribution in [0.1, 0.15) is 19.4 Å². The first kappa shape index (κ1) is 11.0. The van der Waals surface area contributed by atoms with Gasteiger partial charge in [0.2, 0.25) is 6.79 Å². The van der Waals surface area contributed by atoms with Gasteiger partial charge in [-0.2, -0.15) is 0 Å². The molecule has 0 saturated heterocycles. The topological polar surface area (TPSA) is 44.8 Å². The summed E-state index contributed by atoms with van der Waals surface area (Å²) >= 11 is 0. The summed E-state index contributed by atoms with van der Waals surface area (Å²) in [6.45, 7) is 3.48. The number of fused-ring (bicyclic) bond motifs is 1. The van der Waals surface area contributed by atoms with Gasteiger partial charge < -0.3 is 14.2 Å². The highest BCUT2D eigenvalue weighted by Gasteiger charge is 2.33. The van der Waals surface area contributed by atoms with Crippen LogP contribution in [0.15, 0.2) is 18.2 Å². The second-order valence-electron chi connectivity index (χ2n) is 3.86. The number of methoxy groups -OCH3 is 1. The molecule has 0 aromatic heterocycles. The highest BCUT2D eigenvalue weighted by Crippen LogP contribution is 2.37. The number of Topliss-reactive ketones (excluding diaryl/α,β-unsaturated/α-hetero) is 1. The van der Waals surface area contributed by atoms with Crippen LogP contribution in [0.25, 0.3) is 0 Å². The van der Waals surface area contributed by atoms with Gasteiger partial charge in [-0.05, 0) is 31.5 Å². The predicted octanol–water partition coefficient (Wildman–Crippen LogP) is 1.87. The van der Waals surface area contributed by atoms with Crippen molar-refractivity contribution < 1.29 is 19.0 Å². The summed E-state index contributed by atoms with van der Waals surface area (Å²) in [5.41, 5.74) is -0.159. The third-order valence-electron chi connectivity index (χ3n) is 3.00. The molecule has 1 aromatic carbocycles. The molecular weight excluding hydrogens is 208 g/mol. The van der Waals surface area contributed by atoms with E-state index in [0.29, 0.717) is 11.5 Å². The van der Waals surface area contributed by atoms with E-state index in [1.54, 1.807) is 19.1 Å². The molecule has 1 unspecified atom stereocenters. The van der Waals surface area contributed by atoms with Crippen molar-refractivity contribution in [1.82, 2.24) is 0 Å². The van der Waals surface area contributed by atoms with Gasteiger partial charge >= 0.3 is 0 Å². The molecular formula is C12H14O4. The molecule has 0 fully saturated rings. The largest absolute Gasteiger partial charge is 0.454 e. The maximum absolute atomic E-state index is 11.6. The van der Waals surface area contributed by atoms with E-state index in [4.69, 9.17) is 14.2 Å². The average Bonchev–Trinajstić information content (AvgIpc) is 2.74. The standard InChI is InChI=1S/C12H14O4/c1-8(13)12(2,14-3)9-4-5-10-11(6-9)16-7-15-10/h4-6H,7H2,1-3H3.